The number of aliphatic hydroxyl groups is 1. The van der Waals surface area contributed by atoms with Crippen molar-refractivity contribution >= 4 is 17.3 Å². The van der Waals surface area contributed by atoms with Crippen LogP contribution in [0.4, 0.5) is 5.69 Å². The molecule has 3 nitrogen and oxygen atoms in total. The molecule has 0 amide bonds. The van der Waals surface area contributed by atoms with Gasteiger partial charge in [-0.25, -0.2) is 0 Å². The SMILES string of the molecule is Nc1ccncc1C(O)Cc1ccc(Cl)cc1. The van der Waals surface area contributed by atoms with Gasteiger partial charge in [0.15, 0.2) is 0 Å². The first-order valence-corrected chi connectivity index (χ1v) is 5.66. The van der Waals surface area contributed by atoms with E-state index in [1.54, 1.807) is 30.6 Å². The lowest BCUT2D eigenvalue weighted by Gasteiger charge is -2.12. The maximum atomic E-state index is 10.1. The van der Waals surface area contributed by atoms with Crippen molar-refractivity contribution in [1.82, 2.24) is 4.98 Å². The number of hydrogen-bond acceptors (Lipinski definition) is 3. The quantitative estimate of drug-likeness (QED) is 0.878. The van der Waals surface area contributed by atoms with E-state index in [1.807, 2.05) is 12.1 Å². The number of nitrogens with two attached hydrogens (primary N) is 1. The van der Waals surface area contributed by atoms with Crippen LogP contribution in [-0.4, -0.2) is 10.1 Å². The number of pyridine rings is 1. The highest BCUT2D eigenvalue weighted by Crippen LogP contribution is 2.23. The molecule has 1 atom stereocenters. The van der Waals surface area contributed by atoms with Crippen LogP contribution < -0.4 is 5.73 Å². The molecule has 1 aromatic carbocycles. The molecule has 0 aliphatic carbocycles. The monoisotopic (exact) mass is 248 g/mol. The predicted octanol–water partition coefficient (Wildman–Crippen LogP) is 2.59. The van der Waals surface area contributed by atoms with Crippen LogP contribution in [0.5, 0.6) is 0 Å². The zero-order valence-electron chi connectivity index (χ0n) is 9.18. The molecule has 0 saturated carbocycles. The van der Waals surface area contributed by atoms with E-state index in [-0.39, 0.29) is 0 Å². The van der Waals surface area contributed by atoms with Gasteiger partial charge >= 0.3 is 0 Å². The Balaban J connectivity index is 2.14. The van der Waals surface area contributed by atoms with E-state index in [0.29, 0.717) is 22.7 Å². The second-order valence-electron chi connectivity index (χ2n) is 3.85. The molecule has 0 fully saturated rings. The maximum Gasteiger partial charge on any atom is 0.0865 e. The van der Waals surface area contributed by atoms with E-state index >= 15 is 0 Å². The number of anilines is 1. The molecular weight excluding hydrogens is 236 g/mol. The molecule has 0 aliphatic heterocycles. The van der Waals surface area contributed by atoms with Crippen LogP contribution in [0.15, 0.2) is 42.7 Å². The Hall–Kier alpha value is -1.58. The Morgan fingerprint density at radius 2 is 1.94 bits per heavy atom. The molecular formula is C13H13ClN2O. The summed E-state index contributed by atoms with van der Waals surface area (Å²) in [5, 5.41) is 10.8. The Bertz CT molecular complexity index is 499. The normalized spacial score (nSPS) is 12.4. The average molecular weight is 249 g/mol. The predicted molar refractivity (Wildman–Crippen MR) is 68.8 cm³/mol. The van der Waals surface area contributed by atoms with Crippen LogP contribution in [0.2, 0.25) is 5.02 Å². The van der Waals surface area contributed by atoms with Gasteiger partial charge in [0, 0.05) is 35.1 Å². The summed E-state index contributed by atoms with van der Waals surface area (Å²) in [7, 11) is 0. The van der Waals surface area contributed by atoms with Crippen molar-refractivity contribution in [2.45, 2.75) is 12.5 Å². The Morgan fingerprint density at radius 3 is 2.59 bits per heavy atom. The highest BCUT2D eigenvalue weighted by atomic mass is 35.5. The summed E-state index contributed by atoms with van der Waals surface area (Å²) < 4.78 is 0. The summed E-state index contributed by atoms with van der Waals surface area (Å²) >= 11 is 5.80. The lowest BCUT2D eigenvalue weighted by Crippen LogP contribution is -2.05. The van der Waals surface area contributed by atoms with Crippen LogP contribution in [0, 0.1) is 0 Å². The average Bonchev–Trinajstić information content (AvgIpc) is 2.32. The lowest BCUT2D eigenvalue weighted by atomic mass is 10.0. The summed E-state index contributed by atoms with van der Waals surface area (Å²) in [6, 6.07) is 9.06. The Labute approximate surface area is 105 Å². The van der Waals surface area contributed by atoms with Crippen LogP contribution in [0.25, 0.3) is 0 Å². The lowest BCUT2D eigenvalue weighted by molar-refractivity contribution is 0.179. The fourth-order valence-electron chi connectivity index (χ4n) is 1.65. The van der Waals surface area contributed by atoms with Crippen LogP contribution in [0.1, 0.15) is 17.2 Å². The standard InChI is InChI=1S/C13H13ClN2O/c14-10-3-1-9(2-4-10)7-13(17)11-8-16-6-5-12(11)15/h1-6,8,13,17H,7H2,(H2,15,16). The number of nitrogen functional groups attached to an aromatic ring is 1. The van der Waals surface area contributed by atoms with E-state index < -0.39 is 6.10 Å². The van der Waals surface area contributed by atoms with Gasteiger partial charge in [0.25, 0.3) is 0 Å². The number of hydrogen-bond donors (Lipinski definition) is 2. The third-order valence-electron chi connectivity index (χ3n) is 2.59. The number of aliphatic hydroxyl groups excluding tert-OH is 1. The minimum atomic E-state index is -0.648. The van der Waals surface area contributed by atoms with Gasteiger partial charge in [-0.3, -0.25) is 4.98 Å². The molecule has 0 radical (unpaired) electrons. The van der Waals surface area contributed by atoms with Crippen molar-refractivity contribution in [2.75, 3.05) is 5.73 Å². The number of aromatic nitrogens is 1. The van der Waals surface area contributed by atoms with Gasteiger partial charge in [0.2, 0.25) is 0 Å². The second-order valence-corrected chi connectivity index (χ2v) is 4.29. The number of rotatable bonds is 3. The van der Waals surface area contributed by atoms with Crippen LogP contribution in [0.3, 0.4) is 0 Å². The third kappa shape index (κ3) is 2.96. The summed E-state index contributed by atoms with van der Waals surface area (Å²) in [6.07, 6.45) is 3.04. The van der Waals surface area contributed by atoms with Gasteiger partial charge in [-0.15, -0.1) is 0 Å². The minimum absolute atomic E-state index is 0.493. The minimum Gasteiger partial charge on any atom is -0.398 e. The fraction of sp³-hybridized carbons (Fsp3) is 0.154. The molecule has 17 heavy (non-hydrogen) atoms. The highest BCUT2D eigenvalue weighted by Gasteiger charge is 2.11. The van der Waals surface area contributed by atoms with Gasteiger partial charge < -0.3 is 10.8 Å². The van der Waals surface area contributed by atoms with E-state index in [1.165, 1.54) is 0 Å². The third-order valence-corrected chi connectivity index (χ3v) is 2.84. The summed E-state index contributed by atoms with van der Waals surface area (Å²) in [4.78, 5) is 3.96. The second kappa shape index (κ2) is 5.17. The smallest absolute Gasteiger partial charge is 0.0865 e. The molecule has 1 heterocycles. The van der Waals surface area contributed by atoms with Crippen molar-refractivity contribution in [2.24, 2.45) is 0 Å². The zero-order valence-corrected chi connectivity index (χ0v) is 9.93. The van der Waals surface area contributed by atoms with Crippen LogP contribution >= 0.6 is 11.6 Å². The van der Waals surface area contributed by atoms with Crippen LogP contribution in [-0.2, 0) is 6.42 Å². The first-order chi connectivity index (χ1) is 8.16. The number of benzene rings is 1. The summed E-state index contributed by atoms with van der Waals surface area (Å²) in [5.41, 5.74) is 7.99. The summed E-state index contributed by atoms with van der Waals surface area (Å²) in [6.45, 7) is 0. The Kier molecular flexibility index (Phi) is 3.61. The van der Waals surface area contributed by atoms with Gasteiger partial charge in [-0.1, -0.05) is 23.7 Å². The summed E-state index contributed by atoms with van der Waals surface area (Å²) in [5.74, 6) is 0. The van der Waals surface area contributed by atoms with E-state index in [9.17, 15) is 5.11 Å². The molecule has 0 saturated heterocycles. The molecule has 3 N–H and O–H groups in total. The van der Waals surface area contributed by atoms with E-state index in [2.05, 4.69) is 4.98 Å². The largest absolute Gasteiger partial charge is 0.398 e. The number of halogens is 1. The molecule has 2 aromatic rings. The van der Waals surface area contributed by atoms with Crippen molar-refractivity contribution in [3.8, 4) is 0 Å². The van der Waals surface area contributed by atoms with Crippen molar-refractivity contribution < 1.29 is 5.11 Å². The molecule has 0 aliphatic rings. The number of nitrogens with zero attached hydrogens (tertiary/aromatic N) is 1. The van der Waals surface area contributed by atoms with E-state index in [0.717, 1.165) is 5.56 Å². The van der Waals surface area contributed by atoms with E-state index in [4.69, 9.17) is 17.3 Å². The van der Waals surface area contributed by atoms with Gasteiger partial charge in [0.1, 0.15) is 0 Å². The molecule has 88 valence electrons. The van der Waals surface area contributed by atoms with Gasteiger partial charge in [-0.2, -0.15) is 0 Å². The van der Waals surface area contributed by atoms with Crippen molar-refractivity contribution in [1.29, 1.82) is 0 Å². The van der Waals surface area contributed by atoms with Crippen molar-refractivity contribution in [3.05, 3.63) is 58.9 Å². The zero-order chi connectivity index (χ0) is 12.3. The molecule has 0 bridgehead atoms. The molecule has 0 spiro atoms. The molecule has 1 unspecified atom stereocenters. The molecule has 4 heteroatoms. The molecule has 2 rings (SSSR count). The van der Waals surface area contributed by atoms with Gasteiger partial charge in [0.05, 0.1) is 6.10 Å². The van der Waals surface area contributed by atoms with Crippen molar-refractivity contribution in [3.63, 3.8) is 0 Å². The highest BCUT2D eigenvalue weighted by molar-refractivity contribution is 6.30. The first-order valence-electron chi connectivity index (χ1n) is 5.28. The topological polar surface area (TPSA) is 59.1 Å². The maximum absolute atomic E-state index is 10.1. The first kappa shape index (κ1) is 11.9. The molecule has 1 aromatic heterocycles. The van der Waals surface area contributed by atoms with Gasteiger partial charge in [-0.05, 0) is 23.8 Å². The fourth-order valence-corrected chi connectivity index (χ4v) is 1.78. The Morgan fingerprint density at radius 1 is 1.24 bits per heavy atom.